The molecule has 2 aliphatic heterocycles. The second kappa shape index (κ2) is 12.0. The number of rotatable bonds is 9. The molecule has 2 heterocycles. The van der Waals surface area contributed by atoms with E-state index in [0.29, 0.717) is 16.8 Å². The number of aryl methyl sites for hydroxylation is 1. The Morgan fingerprint density at radius 1 is 0.824 bits per heavy atom. The highest BCUT2D eigenvalue weighted by atomic mass is 16.2. The van der Waals surface area contributed by atoms with Crippen LogP contribution in [0.3, 0.4) is 0 Å². The van der Waals surface area contributed by atoms with Crippen LogP contribution in [0.2, 0.25) is 0 Å². The molecule has 2 aromatic carbocycles. The average molecular weight is 462 g/mol. The van der Waals surface area contributed by atoms with E-state index in [0.717, 1.165) is 64.0 Å². The van der Waals surface area contributed by atoms with Crippen LogP contribution in [-0.4, -0.2) is 42.9 Å². The minimum absolute atomic E-state index is 0.0881. The quantitative estimate of drug-likeness (QED) is 0.447. The highest BCUT2D eigenvalue weighted by Crippen LogP contribution is 2.29. The molecule has 2 aliphatic rings. The topological polar surface area (TPSA) is 52.7 Å². The lowest BCUT2D eigenvalue weighted by molar-refractivity contribution is 0.0724. The van der Waals surface area contributed by atoms with Gasteiger partial charge in [0.2, 0.25) is 0 Å². The first-order chi connectivity index (χ1) is 16.7. The Bertz CT molecular complexity index is 958. The van der Waals surface area contributed by atoms with Crippen LogP contribution < -0.4 is 10.2 Å². The molecule has 0 aliphatic carbocycles. The number of anilines is 2. The van der Waals surface area contributed by atoms with E-state index in [-0.39, 0.29) is 11.8 Å². The van der Waals surface area contributed by atoms with Crippen molar-refractivity contribution in [2.75, 3.05) is 36.4 Å². The molecule has 2 amide bonds. The Hall–Kier alpha value is -2.82. The van der Waals surface area contributed by atoms with Crippen LogP contribution >= 0.6 is 0 Å². The zero-order valence-corrected chi connectivity index (χ0v) is 20.7. The van der Waals surface area contributed by atoms with Gasteiger partial charge in [-0.1, -0.05) is 38.3 Å². The van der Waals surface area contributed by atoms with Crippen molar-refractivity contribution in [3.63, 3.8) is 0 Å². The summed E-state index contributed by atoms with van der Waals surface area (Å²) in [6.45, 7) is 5.83. The van der Waals surface area contributed by atoms with Gasteiger partial charge >= 0.3 is 0 Å². The fourth-order valence-electron chi connectivity index (χ4n) is 5.07. The maximum Gasteiger partial charge on any atom is 0.256 e. The van der Waals surface area contributed by atoms with Gasteiger partial charge in [0.25, 0.3) is 11.8 Å². The van der Waals surface area contributed by atoms with Crippen LogP contribution in [0.5, 0.6) is 0 Å². The predicted molar refractivity (Wildman–Crippen MR) is 140 cm³/mol. The summed E-state index contributed by atoms with van der Waals surface area (Å²) in [5.74, 6) is -0.0482. The first kappa shape index (κ1) is 24.3. The van der Waals surface area contributed by atoms with Crippen LogP contribution in [0, 0.1) is 0 Å². The third kappa shape index (κ3) is 6.19. The van der Waals surface area contributed by atoms with Gasteiger partial charge in [0.15, 0.2) is 0 Å². The summed E-state index contributed by atoms with van der Waals surface area (Å²) in [6.07, 6.45) is 11.7. The Balaban J connectivity index is 1.47. The molecule has 0 unspecified atom stereocenters. The van der Waals surface area contributed by atoms with Crippen LogP contribution in [0.4, 0.5) is 11.4 Å². The van der Waals surface area contributed by atoms with Crippen LogP contribution in [0.15, 0.2) is 42.5 Å². The van der Waals surface area contributed by atoms with Crippen LogP contribution in [-0.2, 0) is 6.42 Å². The number of benzene rings is 2. The molecule has 5 heteroatoms. The number of hydrogen-bond acceptors (Lipinski definition) is 3. The number of amides is 2. The van der Waals surface area contributed by atoms with Gasteiger partial charge in [0, 0.05) is 43.1 Å². The Morgan fingerprint density at radius 3 is 2.24 bits per heavy atom. The summed E-state index contributed by atoms with van der Waals surface area (Å²) < 4.78 is 0. The molecular weight excluding hydrogens is 422 g/mol. The van der Waals surface area contributed by atoms with E-state index in [1.165, 1.54) is 37.7 Å². The van der Waals surface area contributed by atoms with Gasteiger partial charge in [0.05, 0.1) is 5.56 Å². The van der Waals surface area contributed by atoms with E-state index in [2.05, 4.69) is 29.3 Å². The number of likely N-dealkylation sites (tertiary alicyclic amines) is 1. The summed E-state index contributed by atoms with van der Waals surface area (Å²) >= 11 is 0. The lowest BCUT2D eigenvalue weighted by Crippen LogP contribution is -2.36. The second-order valence-corrected chi connectivity index (χ2v) is 9.74. The van der Waals surface area contributed by atoms with E-state index in [9.17, 15) is 9.59 Å². The summed E-state index contributed by atoms with van der Waals surface area (Å²) in [7, 11) is 0. The molecule has 0 atom stereocenters. The normalized spacial score (nSPS) is 16.0. The zero-order chi connectivity index (χ0) is 23.8. The third-order valence-electron chi connectivity index (χ3n) is 7.11. The number of nitrogens with zero attached hydrogens (tertiary/aromatic N) is 2. The van der Waals surface area contributed by atoms with Gasteiger partial charge in [-0.05, 0) is 80.8 Å². The van der Waals surface area contributed by atoms with E-state index < -0.39 is 0 Å². The summed E-state index contributed by atoms with van der Waals surface area (Å²) in [5, 5.41) is 3.03. The first-order valence-corrected chi connectivity index (χ1v) is 13.2. The monoisotopic (exact) mass is 461 g/mol. The predicted octanol–water partition coefficient (Wildman–Crippen LogP) is 6.29. The maximum atomic E-state index is 13.4. The molecule has 0 saturated carbocycles. The van der Waals surface area contributed by atoms with Gasteiger partial charge in [-0.3, -0.25) is 9.59 Å². The maximum absolute atomic E-state index is 13.4. The molecule has 2 aromatic rings. The van der Waals surface area contributed by atoms with Crippen molar-refractivity contribution in [2.24, 2.45) is 0 Å². The number of carbonyl (C=O) groups excluding carboxylic acids is 2. The average Bonchev–Trinajstić information content (AvgIpc) is 3.42. The molecule has 0 aromatic heterocycles. The summed E-state index contributed by atoms with van der Waals surface area (Å²) in [6, 6.07) is 13.7. The van der Waals surface area contributed by atoms with Crippen molar-refractivity contribution in [3.05, 3.63) is 59.2 Å². The molecule has 2 fully saturated rings. The van der Waals surface area contributed by atoms with Gasteiger partial charge in [0.1, 0.15) is 0 Å². The highest BCUT2D eigenvalue weighted by Gasteiger charge is 2.25. The molecule has 0 radical (unpaired) electrons. The Labute approximate surface area is 204 Å². The number of unbranched alkanes of at least 4 members (excludes halogenated alkanes) is 3. The standard InChI is InChI=1S/C29H39N3O2/c1-2-3-4-6-11-23-12-14-24(15-13-23)28(33)30-25-16-17-27(31-18-9-10-19-31)26(22-25)29(34)32-20-7-5-8-21-32/h12-17,22H,2-11,18-21H2,1H3,(H,30,33). The molecule has 0 bridgehead atoms. The van der Waals surface area contributed by atoms with Crippen LogP contribution in [0.1, 0.15) is 91.0 Å². The molecule has 34 heavy (non-hydrogen) atoms. The fourth-order valence-corrected chi connectivity index (χ4v) is 5.07. The number of nitrogens with one attached hydrogen (secondary N) is 1. The fraction of sp³-hybridized carbons (Fsp3) is 0.517. The molecular formula is C29H39N3O2. The van der Waals surface area contributed by atoms with Crippen molar-refractivity contribution in [1.29, 1.82) is 0 Å². The summed E-state index contributed by atoms with van der Waals surface area (Å²) in [5.41, 5.74) is 4.31. The molecule has 182 valence electrons. The lowest BCUT2D eigenvalue weighted by atomic mass is 10.0. The highest BCUT2D eigenvalue weighted by molar-refractivity contribution is 6.06. The van der Waals surface area contributed by atoms with Crippen molar-refractivity contribution < 1.29 is 9.59 Å². The van der Waals surface area contributed by atoms with Crippen molar-refractivity contribution in [1.82, 2.24) is 4.90 Å². The largest absolute Gasteiger partial charge is 0.371 e. The third-order valence-corrected chi connectivity index (χ3v) is 7.11. The number of hydrogen-bond donors (Lipinski definition) is 1. The lowest BCUT2D eigenvalue weighted by Gasteiger charge is -2.29. The molecule has 2 saturated heterocycles. The molecule has 4 rings (SSSR count). The number of piperidine rings is 1. The number of carbonyl (C=O) groups is 2. The smallest absolute Gasteiger partial charge is 0.256 e. The van der Waals surface area contributed by atoms with Gasteiger partial charge in [-0.25, -0.2) is 0 Å². The SMILES string of the molecule is CCCCCCc1ccc(C(=O)Nc2ccc(N3CCCC3)c(C(=O)N3CCCCC3)c2)cc1. The summed E-state index contributed by atoms with van der Waals surface area (Å²) in [4.78, 5) is 30.7. The van der Waals surface area contributed by atoms with Gasteiger partial charge < -0.3 is 15.1 Å². The first-order valence-electron chi connectivity index (χ1n) is 13.2. The van der Waals surface area contributed by atoms with Crippen LogP contribution in [0.25, 0.3) is 0 Å². The van der Waals surface area contributed by atoms with Gasteiger partial charge in [-0.15, -0.1) is 0 Å². The van der Waals surface area contributed by atoms with E-state index in [4.69, 9.17) is 0 Å². The molecule has 1 N–H and O–H groups in total. The van der Waals surface area contributed by atoms with E-state index in [1.54, 1.807) is 0 Å². The van der Waals surface area contributed by atoms with Crippen molar-refractivity contribution in [3.8, 4) is 0 Å². The Kier molecular flexibility index (Phi) is 8.62. The van der Waals surface area contributed by atoms with Gasteiger partial charge in [-0.2, -0.15) is 0 Å². The van der Waals surface area contributed by atoms with E-state index >= 15 is 0 Å². The van der Waals surface area contributed by atoms with Crippen molar-refractivity contribution >= 4 is 23.2 Å². The molecule has 0 spiro atoms. The van der Waals surface area contributed by atoms with Crippen molar-refractivity contribution in [2.45, 2.75) is 71.1 Å². The minimum Gasteiger partial charge on any atom is -0.371 e. The Morgan fingerprint density at radius 2 is 1.53 bits per heavy atom. The zero-order valence-electron chi connectivity index (χ0n) is 20.7. The minimum atomic E-state index is -0.136. The second-order valence-electron chi connectivity index (χ2n) is 9.74. The van der Waals surface area contributed by atoms with E-state index in [1.807, 2.05) is 35.2 Å². The molecule has 5 nitrogen and oxygen atoms in total.